The Morgan fingerprint density at radius 3 is 2.24 bits per heavy atom. The molecular weight excluding hydrogens is 381 g/mol. The molecule has 0 heterocycles. The summed E-state index contributed by atoms with van der Waals surface area (Å²) in [5, 5.41) is 8.76. The van der Waals surface area contributed by atoms with Crippen LogP contribution in [-0.2, 0) is 4.79 Å². The highest BCUT2D eigenvalue weighted by Gasteiger charge is 2.30. The quantitative estimate of drug-likeness (QED) is 0.376. The molecule has 0 saturated heterocycles. The van der Waals surface area contributed by atoms with Crippen LogP contribution in [-0.4, -0.2) is 23.9 Å². The van der Waals surface area contributed by atoms with Gasteiger partial charge in [0.15, 0.2) is 6.61 Å². The summed E-state index contributed by atoms with van der Waals surface area (Å²) in [6.07, 6.45) is 1.69. The third-order valence-corrected chi connectivity index (χ3v) is 4.29. The summed E-state index contributed by atoms with van der Waals surface area (Å²) in [4.78, 5) is 10.7. The zero-order valence-electron chi connectivity index (χ0n) is 17.7. The van der Waals surface area contributed by atoms with Gasteiger partial charge in [-0.2, -0.15) is 13.2 Å². The lowest BCUT2D eigenvalue weighted by Crippen LogP contribution is -2.20. The first kappa shape index (κ1) is 24.5. The van der Waals surface area contributed by atoms with E-state index in [9.17, 15) is 18.0 Å². The first-order valence-electron chi connectivity index (χ1n) is 9.45. The average molecular weight is 410 g/mol. The number of rotatable bonds is 8. The van der Waals surface area contributed by atoms with Gasteiger partial charge in [-0.05, 0) is 54.0 Å². The lowest BCUT2D eigenvalue weighted by Gasteiger charge is -2.22. The van der Waals surface area contributed by atoms with E-state index >= 15 is 0 Å². The molecule has 0 unspecified atom stereocenters. The van der Waals surface area contributed by atoms with Crippen molar-refractivity contribution < 1.29 is 27.8 Å². The van der Waals surface area contributed by atoms with E-state index in [0.29, 0.717) is 11.1 Å². The molecule has 0 spiro atoms. The molecule has 1 rings (SSSR count). The molecular formula is C23H29F3O3. The lowest BCUT2D eigenvalue weighted by molar-refractivity contribution is -0.153. The number of alkyl halides is 3. The van der Waals surface area contributed by atoms with E-state index in [1.54, 1.807) is 32.1 Å². The number of aliphatic carboxylic acids is 1. The van der Waals surface area contributed by atoms with Gasteiger partial charge in [-0.3, -0.25) is 0 Å². The van der Waals surface area contributed by atoms with Gasteiger partial charge in [0.1, 0.15) is 5.75 Å². The third-order valence-electron chi connectivity index (χ3n) is 4.29. The number of carbonyl (C=O) groups is 1. The molecule has 0 radical (unpaired) electrons. The summed E-state index contributed by atoms with van der Waals surface area (Å²) in [5.74, 6) is -0.615. The second-order valence-corrected chi connectivity index (χ2v) is 7.64. The Labute approximate surface area is 170 Å². The average Bonchev–Trinajstić information content (AvgIpc) is 2.57. The van der Waals surface area contributed by atoms with Crippen molar-refractivity contribution in [3.63, 3.8) is 0 Å². The molecule has 0 amide bonds. The Balaban J connectivity index is 3.48. The molecule has 29 heavy (non-hydrogen) atoms. The second kappa shape index (κ2) is 10.3. The number of benzene rings is 1. The van der Waals surface area contributed by atoms with Crippen molar-refractivity contribution in [2.45, 2.75) is 59.6 Å². The number of allylic oxidation sites excluding steroid dienone is 5. The highest BCUT2D eigenvalue weighted by atomic mass is 19.4. The van der Waals surface area contributed by atoms with Crippen molar-refractivity contribution >= 4 is 11.5 Å². The van der Waals surface area contributed by atoms with E-state index in [0.717, 1.165) is 22.8 Å². The van der Waals surface area contributed by atoms with Crippen LogP contribution in [0.5, 0.6) is 5.75 Å². The Morgan fingerprint density at radius 2 is 1.76 bits per heavy atom. The molecule has 0 saturated carbocycles. The summed E-state index contributed by atoms with van der Waals surface area (Å²) >= 11 is 0. The maximum atomic E-state index is 12.8. The summed E-state index contributed by atoms with van der Waals surface area (Å²) < 4.78 is 43.7. The van der Waals surface area contributed by atoms with Gasteiger partial charge in [-0.1, -0.05) is 52.0 Å². The van der Waals surface area contributed by atoms with E-state index in [2.05, 4.69) is 0 Å². The second-order valence-electron chi connectivity index (χ2n) is 7.64. The molecule has 160 valence electrons. The van der Waals surface area contributed by atoms with Gasteiger partial charge in [-0.15, -0.1) is 0 Å². The predicted molar refractivity (Wildman–Crippen MR) is 110 cm³/mol. The van der Waals surface area contributed by atoms with Crippen molar-refractivity contribution in [2.24, 2.45) is 0 Å². The standard InChI is InChI=1S/C23H29F3O3/c1-14(2)18-11-19(15(3)4)22(29-13-23(24,25)26)20(12-18)17(6)9-7-8-16(5)10-21(27)28/h7-12,14-15H,13H2,1-6H3,(H,27,28). The Hall–Kier alpha value is -2.50. The van der Waals surface area contributed by atoms with Crippen molar-refractivity contribution in [2.75, 3.05) is 6.61 Å². The maximum Gasteiger partial charge on any atom is 0.422 e. The van der Waals surface area contributed by atoms with E-state index in [1.807, 2.05) is 39.8 Å². The van der Waals surface area contributed by atoms with Crippen LogP contribution in [0, 0.1) is 0 Å². The molecule has 3 nitrogen and oxygen atoms in total. The van der Waals surface area contributed by atoms with Crippen LogP contribution in [0.4, 0.5) is 13.2 Å². The number of hydrogen-bond acceptors (Lipinski definition) is 2. The molecule has 1 aromatic carbocycles. The molecule has 0 atom stereocenters. The molecule has 0 aliphatic rings. The summed E-state index contributed by atoms with van der Waals surface area (Å²) in [5.41, 5.74) is 3.63. The van der Waals surface area contributed by atoms with Gasteiger partial charge in [0, 0.05) is 11.6 Å². The minimum Gasteiger partial charge on any atom is -0.483 e. The smallest absolute Gasteiger partial charge is 0.422 e. The minimum absolute atomic E-state index is 0.0141. The number of halogens is 3. The van der Waals surface area contributed by atoms with Crippen molar-refractivity contribution in [1.29, 1.82) is 0 Å². The molecule has 0 aromatic heterocycles. The maximum absolute atomic E-state index is 12.8. The van der Waals surface area contributed by atoms with Crippen molar-refractivity contribution in [3.8, 4) is 5.75 Å². The number of carboxylic acid groups (broad SMARTS) is 1. The fourth-order valence-corrected chi connectivity index (χ4v) is 2.72. The molecule has 0 bridgehead atoms. The SMILES string of the molecule is CC(C=CC=C(C)c1cc(C(C)C)cc(C(C)C)c1OCC(F)(F)F)=CC(=O)O. The molecule has 0 fully saturated rings. The van der Waals surface area contributed by atoms with E-state index in [4.69, 9.17) is 9.84 Å². The Morgan fingerprint density at radius 1 is 1.14 bits per heavy atom. The monoisotopic (exact) mass is 410 g/mol. The summed E-state index contributed by atoms with van der Waals surface area (Å²) in [6.45, 7) is 9.99. The fraction of sp³-hybridized carbons (Fsp3) is 0.435. The fourth-order valence-electron chi connectivity index (χ4n) is 2.72. The van der Waals surface area contributed by atoms with Gasteiger partial charge in [0.25, 0.3) is 0 Å². The molecule has 0 aliphatic carbocycles. The zero-order chi connectivity index (χ0) is 22.4. The van der Waals surface area contributed by atoms with E-state index in [-0.39, 0.29) is 17.6 Å². The number of carboxylic acids is 1. The van der Waals surface area contributed by atoms with E-state index < -0.39 is 18.8 Å². The van der Waals surface area contributed by atoms with Crippen LogP contribution in [0.1, 0.15) is 70.1 Å². The van der Waals surface area contributed by atoms with Crippen LogP contribution in [0.15, 0.2) is 42.0 Å². The summed E-state index contributed by atoms with van der Waals surface area (Å²) in [7, 11) is 0. The van der Waals surface area contributed by atoms with Crippen LogP contribution < -0.4 is 4.74 Å². The van der Waals surface area contributed by atoms with Crippen LogP contribution in [0.25, 0.3) is 5.57 Å². The molecule has 6 heteroatoms. The molecule has 1 N–H and O–H groups in total. The first-order valence-corrected chi connectivity index (χ1v) is 9.45. The highest BCUT2D eigenvalue weighted by Crippen LogP contribution is 2.38. The van der Waals surface area contributed by atoms with Gasteiger partial charge in [-0.25, -0.2) is 4.79 Å². The topological polar surface area (TPSA) is 46.5 Å². The van der Waals surface area contributed by atoms with Crippen LogP contribution >= 0.6 is 0 Å². The van der Waals surface area contributed by atoms with Gasteiger partial charge in [0.2, 0.25) is 0 Å². The summed E-state index contributed by atoms with van der Waals surface area (Å²) in [6, 6.07) is 3.77. The van der Waals surface area contributed by atoms with Crippen LogP contribution in [0.3, 0.4) is 0 Å². The molecule has 0 aliphatic heterocycles. The third kappa shape index (κ3) is 8.18. The highest BCUT2D eigenvalue weighted by molar-refractivity contribution is 5.81. The Bertz CT molecular complexity index is 813. The Kier molecular flexibility index (Phi) is 8.74. The molecule has 1 aromatic rings. The first-order chi connectivity index (χ1) is 13.3. The van der Waals surface area contributed by atoms with Gasteiger partial charge >= 0.3 is 12.1 Å². The van der Waals surface area contributed by atoms with Gasteiger partial charge in [0.05, 0.1) is 0 Å². The largest absolute Gasteiger partial charge is 0.483 e. The van der Waals surface area contributed by atoms with Crippen molar-refractivity contribution in [1.82, 2.24) is 0 Å². The zero-order valence-corrected chi connectivity index (χ0v) is 17.7. The lowest BCUT2D eigenvalue weighted by atomic mass is 9.89. The van der Waals surface area contributed by atoms with Crippen LogP contribution in [0.2, 0.25) is 0 Å². The van der Waals surface area contributed by atoms with Crippen molar-refractivity contribution in [3.05, 3.63) is 58.7 Å². The normalized spacial score (nSPS) is 13.6. The van der Waals surface area contributed by atoms with Gasteiger partial charge < -0.3 is 9.84 Å². The van der Waals surface area contributed by atoms with E-state index in [1.165, 1.54) is 0 Å². The number of hydrogen-bond donors (Lipinski definition) is 1. The minimum atomic E-state index is -4.43. The number of ether oxygens (including phenoxy) is 1. The predicted octanol–water partition coefficient (Wildman–Crippen LogP) is 6.86.